The highest BCUT2D eigenvalue weighted by atomic mass is 19.1. The Balaban J connectivity index is 0.000000164. The van der Waals surface area contributed by atoms with E-state index in [1.807, 2.05) is 0 Å². The molecule has 0 spiro atoms. The fourth-order valence-corrected chi connectivity index (χ4v) is 3.69. The number of carboxylic acids is 1. The van der Waals surface area contributed by atoms with Gasteiger partial charge in [-0.25, -0.2) is 23.5 Å². The number of ether oxygens (including phenoxy) is 3. The van der Waals surface area contributed by atoms with Gasteiger partial charge in [0, 0.05) is 35.8 Å². The van der Waals surface area contributed by atoms with Gasteiger partial charge in [0.15, 0.2) is 23.1 Å². The van der Waals surface area contributed by atoms with Gasteiger partial charge in [-0.2, -0.15) is 0 Å². The van der Waals surface area contributed by atoms with E-state index in [9.17, 15) is 18.4 Å². The number of aromatic amines is 1. The molecule has 5 aromatic rings. The topological polar surface area (TPSA) is 150 Å². The first kappa shape index (κ1) is 25.1. The van der Waals surface area contributed by atoms with Crippen LogP contribution in [0.2, 0.25) is 0 Å². The average molecular weight is 532 g/mol. The maximum atomic E-state index is 13.9. The zero-order valence-electron chi connectivity index (χ0n) is 19.9. The lowest BCUT2D eigenvalue weighted by molar-refractivity contribution is 0.0695. The number of carbonyl (C=O) groups is 1. The Morgan fingerprint density at radius 1 is 1.00 bits per heavy atom. The first-order chi connectivity index (χ1) is 18.8. The van der Waals surface area contributed by atoms with Crippen LogP contribution < -0.4 is 25.4 Å². The number of anilines is 1. The number of halogens is 2. The van der Waals surface area contributed by atoms with Crippen molar-refractivity contribution in [3.8, 4) is 34.3 Å². The second kappa shape index (κ2) is 10.5. The standard InChI is InChI=1S/C15H10FN3O3.C12H8FNO3/c16-10-3-8(17)1-2-12(10)22-15-9-4-13-14(21-7-20-13)5-11(9)18-6-19-15;13-8-3-1-7(2-4-8)9-5-14-6-10(11(9)15)12(16)17/h1-6H,7,17H2;1-6H,(H,14,15)(H,16,17). The molecule has 3 aromatic carbocycles. The Morgan fingerprint density at radius 3 is 2.46 bits per heavy atom. The van der Waals surface area contributed by atoms with Gasteiger partial charge in [0.25, 0.3) is 0 Å². The van der Waals surface area contributed by atoms with Crippen molar-refractivity contribution in [2.45, 2.75) is 0 Å². The molecule has 1 aliphatic rings. The lowest BCUT2D eigenvalue weighted by Gasteiger charge is -2.09. The molecule has 0 fully saturated rings. The van der Waals surface area contributed by atoms with Crippen LogP contribution in [0.1, 0.15) is 10.4 Å². The smallest absolute Gasteiger partial charge is 0.341 e. The molecule has 0 atom stereocenters. The van der Waals surface area contributed by atoms with Crippen molar-refractivity contribution in [3.05, 3.63) is 101 Å². The van der Waals surface area contributed by atoms with E-state index < -0.39 is 23.0 Å². The molecule has 10 nitrogen and oxygen atoms in total. The predicted octanol–water partition coefficient (Wildman–Crippen LogP) is 4.75. The van der Waals surface area contributed by atoms with Gasteiger partial charge in [-0.15, -0.1) is 0 Å². The molecule has 0 aliphatic carbocycles. The molecule has 4 N–H and O–H groups in total. The molecule has 0 bridgehead atoms. The summed E-state index contributed by atoms with van der Waals surface area (Å²) in [5.74, 6) is -0.832. The van der Waals surface area contributed by atoms with E-state index in [0.717, 1.165) is 6.20 Å². The van der Waals surface area contributed by atoms with Gasteiger partial charge in [0.05, 0.1) is 10.9 Å². The summed E-state index contributed by atoms with van der Waals surface area (Å²) in [5.41, 5.74) is 6.19. The Labute approximate surface area is 218 Å². The van der Waals surface area contributed by atoms with Gasteiger partial charge >= 0.3 is 5.97 Å². The summed E-state index contributed by atoms with van der Waals surface area (Å²) in [6, 6.07) is 12.9. The Hall–Kier alpha value is -5.52. The van der Waals surface area contributed by atoms with Crippen LogP contribution in [0.25, 0.3) is 22.0 Å². The molecule has 196 valence electrons. The summed E-state index contributed by atoms with van der Waals surface area (Å²) in [6.45, 7) is 0.155. The number of nitrogens with two attached hydrogens (primary N) is 1. The number of nitrogens with zero attached hydrogens (tertiary/aromatic N) is 2. The quantitative estimate of drug-likeness (QED) is 0.279. The van der Waals surface area contributed by atoms with Crippen molar-refractivity contribution in [2.24, 2.45) is 0 Å². The normalized spacial score (nSPS) is 11.5. The summed E-state index contributed by atoms with van der Waals surface area (Å²) in [5, 5.41) is 9.40. The summed E-state index contributed by atoms with van der Waals surface area (Å²) in [4.78, 5) is 33.4. The van der Waals surface area contributed by atoms with Gasteiger partial charge in [0.1, 0.15) is 17.7 Å². The van der Waals surface area contributed by atoms with Crippen LogP contribution in [0, 0.1) is 11.6 Å². The maximum absolute atomic E-state index is 13.9. The molecular formula is C27H18F2N4O6. The second-order valence-corrected chi connectivity index (χ2v) is 8.12. The highest BCUT2D eigenvalue weighted by molar-refractivity contribution is 5.89. The van der Waals surface area contributed by atoms with Crippen LogP contribution in [0.15, 0.2) is 78.1 Å². The van der Waals surface area contributed by atoms with Crippen molar-refractivity contribution >= 4 is 22.6 Å². The SMILES string of the molecule is Nc1ccc(Oc2ncnc3cc4c(cc23)OCO4)c(F)c1.O=C(O)c1c[nH]cc(-c2ccc(F)cc2)c1=O. The third-order valence-corrected chi connectivity index (χ3v) is 5.59. The third kappa shape index (κ3) is 5.30. The number of rotatable bonds is 4. The first-order valence-corrected chi connectivity index (χ1v) is 11.3. The van der Waals surface area contributed by atoms with Gasteiger partial charge in [-0.3, -0.25) is 4.79 Å². The number of pyridine rings is 1. The molecule has 0 radical (unpaired) electrons. The highest BCUT2D eigenvalue weighted by Crippen LogP contribution is 2.38. The molecule has 2 aromatic heterocycles. The molecule has 0 amide bonds. The van der Waals surface area contributed by atoms with Crippen LogP contribution in [0.3, 0.4) is 0 Å². The molecule has 0 unspecified atom stereocenters. The predicted molar refractivity (Wildman–Crippen MR) is 136 cm³/mol. The van der Waals surface area contributed by atoms with Crippen molar-refractivity contribution in [2.75, 3.05) is 12.5 Å². The van der Waals surface area contributed by atoms with Crippen molar-refractivity contribution in [1.82, 2.24) is 15.0 Å². The van der Waals surface area contributed by atoms with Crippen LogP contribution in [-0.4, -0.2) is 32.8 Å². The van der Waals surface area contributed by atoms with Crippen molar-refractivity contribution in [3.63, 3.8) is 0 Å². The Morgan fingerprint density at radius 2 is 1.74 bits per heavy atom. The lowest BCUT2D eigenvalue weighted by Crippen LogP contribution is -2.16. The zero-order valence-corrected chi connectivity index (χ0v) is 19.9. The molecule has 12 heteroatoms. The van der Waals surface area contributed by atoms with E-state index in [4.69, 9.17) is 25.1 Å². The van der Waals surface area contributed by atoms with Crippen LogP contribution in [0.4, 0.5) is 14.5 Å². The largest absolute Gasteiger partial charge is 0.477 e. The minimum absolute atomic E-state index is 0.0341. The van der Waals surface area contributed by atoms with Gasteiger partial charge < -0.3 is 30.0 Å². The summed E-state index contributed by atoms with van der Waals surface area (Å²) >= 11 is 0. The average Bonchev–Trinajstić information content (AvgIpc) is 3.38. The maximum Gasteiger partial charge on any atom is 0.341 e. The van der Waals surface area contributed by atoms with Gasteiger partial charge in [-0.1, -0.05) is 12.1 Å². The van der Waals surface area contributed by atoms with E-state index in [0.29, 0.717) is 33.7 Å². The van der Waals surface area contributed by atoms with E-state index >= 15 is 0 Å². The summed E-state index contributed by atoms with van der Waals surface area (Å²) < 4.78 is 42.8. The number of carboxylic acid groups (broad SMARTS) is 1. The summed E-state index contributed by atoms with van der Waals surface area (Å²) in [7, 11) is 0. The Bertz CT molecular complexity index is 1760. The van der Waals surface area contributed by atoms with Gasteiger partial charge in [-0.05, 0) is 35.9 Å². The fourth-order valence-electron chi connectivity index (χ4n) is 3.69. The van der Waals surface area contributed by atoms with Gasteiger partial charge in [0.2, 0.25) is 18.1 Å². The molecule has 0 saturated heterocycles. The number of nitrogen functional groups attached to an aromatic ring is 1. The summed E-state index contributed by atoms with van der Waals surface area (Å²) in [6.07, 6.45) is 3.86. The number of aromatic carboxylic acids is 1. The third-order valence-electron chi connectivity index (χ3n) is 5.59. The zero-order chi connectivity index (χ0) is 27.5. The number of aromatic nitrogens is 3. The van der Waals surface area contributed by atoms with E-state index in [1.54, 1.807) is 18.2 Å². The minimum atomic E-state index is -1.30. The lowest BCUT2D eigenvalue weighted by atomic mass is 10.1. The number of fused-ring (bicyclic) bond motifs is 2. The number of hydrogen-bond acceptors (Lipinski definition) is 8. The van der Waals surface area contributed by atoms with Crippen LogP contribution in [0.5, 0.6) is 23.1 Å². The Kier molecular flexibility index (Phi) is 6.74. The van der Waals surface area contributed by atoms with Crippen LogP contribution in [-0.2, 0) is 0 Å². The fraction of sp³-hybridized carbons (Fsp3) is 0.0370. The van der Waals surface area contributed by atoms with Crippen LogP contribution >= 0.6 is 0 Å². The first-order valence-electron chi connectivity index (χ1n) is 11.3. The van der Waals surface area contributed by atoms with E-state index in [2.05, 4.69) is 15.0 Å². The molecular weight excluding hydrogens is 514 g/mol. The molecule has 6 rings (SSSR count). The number of benzene rings is 3. The minimum Gasteiger partial charge on any atom is -0.477 e. The molecule has 39 heavy (non-hydrogen) atoms. The molecule has 1 aliphatic heterocycles. The van der Waals surface area contributed by atoms with Crippen molar-refractivity contribution in [1.29, 1.82) is 0 Å². The number of H-pyrrole nitrogens is 1. The molecule has 3 heterocycles. The number of nitrogens with one attached hydrogen (secondary N) is 1. The number of hydrogen-bond donors (Lipinski definition) is 3. The van der Waals surface area contributed by atoms with E-state index in [-0.39, 0.29) is 29.5 Å². The molecule has 0 saturated carbocycles. The highest BCUT2D eigenvalue weighted by Gasteiger charge is 2.18. The monoisotopic (exact) mass is 532 g/mol. The van der Waals surface area contributed by atoms with Crippen molar-refractivity contribution < 1.29 is 32.9 Å². The van der Waals surface area contributed by atoms with E-state index in [1.165, 1.54) is 48.9 Å². The second-order valence-electron chi connectivity index (χ2n) is 8.12.